The van der Waals surface area contributed by atoms with Crippen molar-refractivity contribution in [1.82, 2.24) is 4.90 Å². The topological polar surface area (TPSA) is 75.7 Å². The van der Waals surface area contributed by atoms with Gasteiger partial charge in [0.05, 0.1) is 6.54 Å². The number of hydrogen-bond donors (Lipinski definition) is 1. The van der Waals surface area contributed by atoms with Gasteiger partial charge in [0, 0.05) is 19.7 Å². The van der Waals surface area contributed by atoms with Crippen LogP contribution in [0.1, 0.15) is 6.92 Å². The van der Waals surface area contributed by atoms with Crippen LogP contribution in [0, 0.1) is 5.82 Å². The van der Waals surface area contributed by atoms with Gasteiger partial charge in [-0.1, -0.05) is 0 Å². The Labute approximate surface area is 115 Å². The molecule has 1 aromatic carbocycles. The van der Waals surface area contributed by atoms with Crippen LogP contribution in [-0.4, -0.2) is 42.9 Å². The van der Waals surface area contributed by atoms with Crippen molar-refractivity contribution in [3.63, 3.8) is 0 Å². The molecule has 0 aliphatic rings. The summed E-state index contributed by atoms with van der Waals surface area (Å²) in [6, 6.07) is 5.25. The molecule has 20 heavy (non-hydrogen) atoms. The van der Waals surface area contributed by atoms with E-state index in [0.717, 1.165) is 4.90 Å². The summed E-state index contributed by atoms with van der Waals surface area (Å²) < 4.78 is 17.2. The van der Waals surface area contributed by atoms with Crippen LogP contribution in [0.4, 0.5) is 10.1 Å². The van der Waals surface area contributed by atoms with E-state index < -0.39 is 30.2 Å². The number of hydrogen-bond acceptors (Lipinski definition) is 4. The first-order valence-electron chi connectivity index (χ1n) is 5.81. The molecule has 0 heterocycles. The summed E-state index contributed by atoms with van der Waals surface area (Å²) in [7, 11) is 1.41. The number of halogens is 1. The first-order valence-corrected chi connectivity index (χ1v) is 5.81. The van der Waals surface area contributed by atoms with Crippen molar-refractivity contribution in [3.8, 4) is 0 Å². The Morgan fingerprint density at radius 2 is 1.85 bits per heavy atom. The maximum absolute atomic E-state index is 12.7. The zero-order valence-electron chi connectivity index (χ0n) is 11.2. The predicted octanol–water partition coefficient (Wildman–Crippen LogP) is 0.786. The fraction of sp³-hybridized carbons (Fsp3) is 0.308. The number of carbonyl (C=O) groups is 3. The lowest BCUT2D eigenvalue weighted by atomic mass is 10.3. The van der Waals surface area contributed by atoms with Crippen molar-refractivity contribution in [2.45, 2.75) is 6.92 Å². The summed E-state index contributed by atoms with van der Waals surface area (Å²) in [6.45, 7) is 0.585. The lowest BCUT2D eigenvalue weighted by molar-refractivity contribution is -0.150. The fourth-order valence-electron chi connectivity index (χ4n) is 1.31. The number of carbonyl (C=O) groups excluding carboxylic acids is 3. The summed E-state index contributed by atoms with van der Waals surface area (Å²) in [5, 5.41) is 2.51. The average Bonchev–Trinajstić information content (AvgIpc) is 2.38. The third-order valence-corrected chi connectivity index (χ3v) is 2.33. The number of nitrogens with zero attached hydrogens (tertiary/aromatic N) is 1. The summed E-state index contributed by atoms with van der Waals surface area (Å²) in [5.74, 6) is -1.90. The molecule has 0 fully saturated rings. The number of likely N-dealkylation sites (N-methyl/N-ethyl adjacent to an activating group) is 1. The van der Waals surface area contributed by atoms with Crippen LogP contribution in [0.25, 0.3) is 0 Å². The van der Waals surface area contributed by atoms with Gasteiger partial charge in [0.25, 0.3) is 5.91 Å². The van der Waals surface area contributed by atoms with Gasteiger partial charge in [-0.25, -0.2) is 4.39 Å². The first-order chi connectivity index (χ1) is 9.38. The monoisotopic (exact) mass is 282 g/mol. The molecule has 0 unspecified atom stereocenters. The van der Waals surface area contributed by atoms with Gasteiger partial charge >= 0.3 is 5.97 Å². The normalized spacial score (nSPS) is 9.75. The number of esters is 1. The maximum atomic E-state index is 12.7. The van der Waals surface area contributed by atoms with Crippen LogP contribution in [0.3, 0.4) is 0 Å². The Balaban J connectivity index is 2.43. The smallest absolute Gasteiger partial charge is 0.303 e. The van der Waals surface area contributed by atoms with E-state index in [9.17, 15) is 18.8 Å². The van der Waals surface area contributed by atoms with E-state index >= 15 is 0 Å². The molecule has 6 nitrogen and oxygen atoms in total. The Hall–Kier alpha value is -2.44. The van der Waals surface area contributed by atoms with E-state index in [1.165, 1.54) is 38.2 Å². The van der Waals surface area contributed by atoms with Crippen LogP contribution in [0.2, 0.25) is 0 Å². The van der Waals surface area contributed by atoms with Crippen molar-refractivity contribution in [3.05, 3.63) is 30.1 Å². The van der Waals surface area contributed by atoms with Gasteiger partial charge in [0.15, 0.2) is 6.61 Å². The lowest BCUT2D eigenvalue weighted by Gasteiger charge is -2.16. The quantitative estimate of drug-likeness (QED) is 0.810. The highest BCUT2D eigenvalue weighted by molar-refractivity contribution is 5.94. The van der Waals surface area contributed by atoms with E-state index in [1.807, 2.05) is 0 Å². The van der Waals surface area contributed by atoms with Crippen molar-refractivity contribution in [2.75, 3.05) is 25.5 Å². The molecule has 0 atom stereocenters. The SMILES string of the molecule is CC(=O)OCC(=O)N(C)CC(=O)Nc1ccc(F)cc1. The van der Waals surface area contributed by atoms with Gasteiger partial charge in [-0.05, 0) is 24.3 Å². The molecular weight excluding hydrogens is 267 g/mol. The molecule has 0 spiro atoms. The molecule has 108 valence electrons. The van der Waals surface area contributed by atoms with Crippen molar-refractivity contribution < 1.29 is 23.5 Å². The Bertz CT molecular complexity index is 502. The molecule has 0 radical (unpaired) electrons. The van der Waals surface area contributed by atoms with Crippen LogP contribution in [-0.2, 0) is 19.1 Å². The minimum absolute atomic E-state index is 0.197. The van der Waals surface area contributed by atoms with Gasteiger partial charge in [-0.2, -0.15) is 0 Å². The molecule has 0 saturated heterocycles. The molecule has 0 aliphatic carbocycles. The number of nitrogens with one attached hydrogen (secondary N) is 1. The largest absolute Gasteiger partial charge is 0.456 e. The number of benzene rings is 1. The van der Waals surface area contributed by atoms with E-state index in [1.54, 1.807) is 0 Å². The lowest BCUT2D eigenvalue weighted by Crippen LogP contribution is -2.37. The van der Waals surface area contributed by atoms with Gasteiger partial charge in [0.1, 0.15) is 5.82 Å². The predicted molar refractivity (Wildman–Crippen MR) is 69.3 cm³/mol. The summed E-state index contributed by atoms with van der Waals surface area (Å²) in [4.78, 5) is 34.8. The number of anilines is 1. The second kappa shape index (κ2) is 7.22. The molecule has 7 heteroatoms. The van der Waals surface area contributed by atoms with Gasteiger partial charge in [-0.3, -0.25) is 14.4 Å². The van der Waals surface area contributed by atoms with Crippen LogP contribution in [0.5, 0.6) is 0 Å². The average molecular weight is 282 g/mol. The second-order valence-corrected chi connectivity index (χ2v) is 4.09. The number of amides is 2. The Kier molecular flexibility index (Phi) is 5.64. The van der Waals surface area contributed by atoms with E-state index in [2.05, 4.69) is 10.1 Å². The molecule has 0 saturated carbocycles. The van der Waals surface area contributed by atoms with Crippen molar-refractivity contribution in [2.24, 2.45) is 0 Å². The van der Waals surface area contributed by atoms with E-state index in [4.69, 9.17) is 0 Å². The van der Waals surface area contributed by atoms with Crippen LogP contribution < -0.4 is 5.32 Å². The third-order valence-electron chi connectivity index (χ3n) is 2.33. The Morgan fingerprint density at radius 1 is 1.25 bits per heavy atom. The van der Waals surface area contributed by atoms with E-state index in [0.29, 0.717) is 5.69 Å². The summed E-state index contributed by atoms with van der Waals surface area (Å²) in [6.07, 6.45) is 0. The van der Waals surface area contributed by atoms with Crippen LogP contribution in [0.15, 0.2) is 24.3 Å². The molecule has 1 aromatic rings. The zero-order valence-corrected chi connectivity index (χ0v) is 11.2. The number of ether oxygens (including phenoxy) is 1. The highest BCUT2D eigenvalue weighted by Crippen LogP contribution is 2.07. The van der Waals surface area contributed by atoms with Gasteiger partial charge in [0.2, 0.25) is 5.91 Å². The molecule has 0 bridgehead atoms. The molecule has 1 N–H and O–H groups in total. The fourth-order valence-corrected chi connectivity index (χ4v) is 1.31. The highest BCUT2D eigenvalue weighted by Gasteiger charge is 2.14. The molecular formula is C13H15FN2O4. The second-order valence-electron chi connectivity index (χ2n) is 4.09. The first kappa shape index (κ1) is 15.6. The Morgan fingerprint density at radius 3 is 2.40 bits per heavy atom. The molecule has 2 amide bonds. The van der Waals surface area contributed by atoms with Gasteiger partial charge < -0.3 is 15.0 Å². The third kappa shape index (κ3) is 5.47. The zero-order chi connectivity index (χ0) is 15.1. The molecule has 0 aliphatic heterocycles. The minimum atomic E-state index is -0.567. The highest BCUT2D eigenvalue weighted by atomic mass is 19.1. The van der Waals surface area contributed by atoms with Crippen molar-refractivity contribution >= 4 is 23.5 Å². The van der Waals surface area contributed by atoms with E-state index in [-0.39, 0.29) is 6.54 Å². The molecule has 0 aromatic heterocycles. The number of rotatable bonds is 5. The van der Waals surface area contributed by atoms with Crippen molar-refractivity contribution in [1.29, 1.82) is 0 Å². The standard InChI is InChI=1S/C13H15FN2O4/c1-9(17)20-8-13(19)16(2)7-12(18)15-11-5-3-10(14)4-6-11/h3-6H,7-8H2,1-2H3,(H,15,18). The molecule has 1 rings (SSSR count). The minimum Gasteiger partial charge on any atom is -0.456 e. The maximum Gasteiger partial charge on any atom is 0.303 e. The summed E-state index contributed by atoms with van der Waals surface area (Å²) >= 11 is 0. The summed E-state index contributed by atoms with van der Waals surface area (Å²) in [5.41, 5.74) is 0.428. The van der Waals surface area contributed by atoms with Gasteiger partial charge in [-0.15, -0.1) is 0 Å². The van der Waals surface area contributed by atoms with Crippen LogP contribution >= 0.6 is 0 Å².